The van der Waals surface area contributed by atoms with E-state index in [2.05, 4.69) is 34.4 Å². The molecule has 0 unspecified atom stereocenters. The zero-order chi connectivity index (χ0) is 21.5. The summed E-state index contributed by atoms with van der Waals surface area (Å²) in [5.41, 5.74) is 9.80. The quantitative estimate of drug-likeness (QED) is 0.557. The van der Waals surface area contributed by atoms with E-state index in [0.29, 0.717) is 12.2 Å². The molecule has 2 aliphatic rings. The molecule has 2 aromatic carbocycles. The van der Waals surface area contributed by atoms with Gasteiger partial charge in [0.15, 0.2) is 0 Å². The van der Waals surface area contributed by atoms with E-state index < -0.39 is 0 Å². The third-order valence-electron chi connectivity index (χ3n) is 4.81. The van der Waals surface area contributed by atoms with Crippen molar-refractivity contribution in [2.75, 3.05) is 10.3 Å². The SMILES string of the molecule is C#C.Cc1ccc(CNC(=O)C2CC2)cc1NC(=O)C1=CN(c2ccccc2)NN1. The molecule has 1 fully saturated rings. The van der Waals surface area contributed by atoms with Crippen LogP contribution in [-0.4, -0.2) is 11.8 Å². The van der Waals surface area contributed by atoms with Crippen molar-refractivity contribution >= 4 is 23.2 Å². The average molecular weight is 403 g/mol. The molecule has 4 N–H and O–H groups in total. The molecule has 0 aromatic heterocycles. The Kier molecular flexibility index (Phi) is 6.73. The van der Waals surface area contributed by atoms with Crippen LogP contribution < -0.4 is 26.6 Å². The maximum absolute atomic E-state index is 12.6. The highest BCUT2D eigenvalue weighted by Gasteiger charge is 2.29. The van der Waals surface area contributed by atoms with Crippen LogP contribution in [0.5, 0.6) is 0 Å². The zero-order valence-corrected chi connectivity index (χ0v) is 16.8. The van der Waals surface area contributed by atoms with Crippen molar-refractivity contribution in [3.05, 3.63) is 71.6 Å². The predicted molar refractivity (Wildman–Crippen MR) is 118 cm³/mol. The van der Waals surface area contributed by atoms with Gasteiger partial charge in [-0.2, -0.15) is 0 Å². The Hall–Kier alpha value is -3.76. The number of para-hydroxylation sites is 1. The summed E-state index contributed by atoms with van der Waals surface area (Å²) in [7, 11) is 0. The van der Waals surface area contributed by atoms with Gasteiger partial charge in [0.2, 0.25) is 5.91 Å². The van der Waals surface area contributed by atoms with Crippen LogP contribution in [0.15, 0.2) is 60.4 Å². The van der Waals surface area contributed by atoms with Crippen molar-refractivity contribution in [1.82, 2.24) is 16.3 Å². The molecule has 0 atom stereocenters. The first-order chi connectivity index (χ1) is 14.6. The highest BCUT2D eigenvalue weighted by molar-refractivity contribution is 6.04. The van der Waals surface area contributed by atoms with Gasteiger partial charge in [0.25, 0.3) is 5.91 Å². The second-order valence-corrected chi connectivity index (χ2v) is 7.08. The lowest BCUT2D eigenvalue weighted by Gasteiger charge is -2.14. The third-order valence-corrected chi connectivity index (χ3v) is 4.81. The Balaban J connectivity index is 0.00000124. The number of hydrogen-bond acceptors (Lipinski definition) is 5. The van der Waals surface area contributed by atoms with E-state index in [1.54, 1.807) is 11.2 Å². The van der Waals surface area contributed by atoms with Gasteiger partial charge in [-0.1, -0.05) is 30.3 Å². The molecule has 7 heteroatoms. The zero-order valence-electron chi connectivity index (χ0n) is 16.8. The second kappa shape index (κ2) is 9.63. The first-order valence-electron chi connectivity index (χ1n) is 9.70. The van der Waals surface area contributed by atoms with E-state index in [1.807, 2.05) is 55.5 Å². The molecule has 1 aliphatic carbocycles. The van der Waals surface area contributed by atoms with Gasteiger partial charge in [-0.3, -0.25) is 20.0 Å². The van der Waals surface area contributed by atoms with Crippen LogP contribution in [0.2, 0.25) is 0 Å². The molecule has 4 rings (SSSR count). The summed E-state index contributed by atoms with van der Waals surface area (Å²) >= 11 is 0. The van der Waals surface area contributed by atoms with E-state index in [0.717, 1.165) is 35.3 Å². The highest BCUT2D eigenvalue weighted by Crippen LogP contribution is 2.29. The van der Waals surface area contributed by atoms with Gasteiger partial charge in [0.1, 0.15) is 5.70 Å². The first kappa shape index (κ1) is 21.0. The van der Waals surface area contributed by atoms with E-state index in [9.17, 15) is 9.59 Å². The van der Waals surface area contributed by atoms with E-state index in [-0.39, 0.29) is 17.7 Å². The minimum atomic E-state index is -0.242. The topological polar surface area (TPSA) is 85.5 Å². The van der Waals surface area contributed by atoms with Crippen LogP contribution in [0.3, 0.4) is 0 Å². The Bertz CT molecular complexity index is 964. The molecular formula is C23H25N5O2. The lowest BCUT2D eigenvalue weighted by Crippen LogP contribution is -2.38. The molecule has 30 heavy (non-hydrogen) atoms. The van der Waals surface area contributed by atoms with Gasteiger partial charge in [0, 0.05) is 18.2 Å². The molecule has 0 radical (unpaired) electrons. The van der Waals surface area contributed by atoms with E-state index >= 15 is 0 Å². The number of nitrogens with zero attached hydrogens (tertiary/aromatic N) is 1. The minimum absolute atomic E-state index is 0.110. The van der Waals surface area contributed by atoms with Crippen molar-refractivity contribution in [3.8, 4) is 12.8 Å². The smallest absolute Gasteiger partial charge is 0.274 e. The van der Waals surface area contributed by atoms with Crippen molar-refractivity contribution in [1.29, 1.82) is 0 Å². The monoisotopic (exact) mass is 403 g/mol. The summed E-state index contributed by atoms with van der Waals surface area (Å²) in [6, 6.07) is 15.5. The number of hydrazine groups is 2. The minimum Gasteiger partial charge on any atom is -0.352 e. The van der Waals surface area contributed by atoms with Crippen molar-refractivity contribution < 1.29 is 9.59 Å². The van der Waals surface area contributed by atoms with Crippen LogP contribution in [-0.2, 0) is 16.1 Å². The third kappa shape index (κ3) is 5.19. The van der Waals surface area contributed by atoms with Gasteiger partial charge in [-0.25, -0.2) is 0 Å². The molecule has 1 aliphatic heterocycles. The summed E-state index contributed by atoms with van der Waals surface area (Å²) in [5, 5.41) is 7.63. The average Bonchev–Trinajstić information content (AvgIpc) is 3.52. The fourth-order valence-corrected chi connectivity index (χ4v) is 2.94. The summed E-state index contributed by atoms with van der Waals surface area (Å²) in [6.45, 7) is 2.40. The van der Waals surface area contributed by atoms with Gasteiger partial charge >= 0.3 is 0 Å². The second-order valence-electron chi connectivity index (χ2n) is 7.08. The van der Waals surface area contributed by atoms with Crippen LogP contribution >= 0.6 is 0 Å². The lowest BCUT2D eigenvalue weighted by atomic mass is 10.1. The number of carbonyl (C=O) groups excluding carboxylic acids is 2. The van der Waals surface area contributed by atoms with Crippen molar-refractivity contribution in [3.63, 3.8) is 0 Å². The molecule has 2 amide bonds. The Morgan fingerprint density at radius 1 is 1.13 bits per heavy atom. The molecule has 0 spiro atoms. The number of benzene rings is 2. The maximum Gasteiger partial charge on any atom is 0.274 e. The fourth-order valence-electron chi connectivity index (χ4n) is 2.94. The normalized spacial score (nSPS) is 14.6. The van der Waals surface area contributed by atoms with E-state index in [4.69, 9.17) is 0 Å². The number of aryl methyl sites for hydroxylation is 1. The summed E-state index contributed by atoms with van der Waals surface area (Å²) in [5.74, 6) is 0.0526. The molecular weight excluding hydrogens is 378 g/mol. The largest absolute Gasteiger partial charge is 0.352 e. The fraction of sp³-hybridized carbons (Fsp3) is 0.217. The number of amides is 2. The van der Waals surface area contributed by atoms with Gasteiger partial charge in [0.05, 0.1) is 11.9 Å². The number of terminal acetylenes is 1. The number of anilines is 2. The first-order valence-corrected chi connectivity index (χ1v) is 9.70. The molecule has 0 bridgehead atoms. The Labute approximate surface area is 176 Å². The van der Waals surface area contributed by atoms with E-state index in [1.165, 1.54) is 0 Å². The summed E-state index contributed by atoms with van der Waals surface area (Å²) in [6.07, 6.45) is 11.7. The van der Waals surface area contributed by atoms with Crippen LogP contribution in [0.1, 0.15) is 24.0 Å². The Morgan fingerprint density at radius 2 is 1.87 bits per heavy atom. The van der Waals surface area contributed by atoms with Crippen molar-refractivity contribution in [2.24, 2.45) is 5.92 Å². The maximum atomic E-state index is 12.6. The number of rotatable bonds is 6. The molecule has 0 saturated heterocycles. The molecule has 2 aromatic rings. The summed E-state index contributed by atoms with van der Waals surface area (Å²) < 4.78 is 0. The lowest BCUT2D eigenvalue weighted by molar-refractivity contribution is -0.122. The van der Waals surface area contributed by atoms with Gasteiger partial charge in [-0.15, -0.1) is 18.4 Å². The highest BCUT2D eigenvalue weighted by atomic mass is 16.2. The Morgan fingerprint density at radius 3 is 2.57 bits per heavy atom. The van der Waals surface area contributed by atoms with Crippen LogP contribution in [0.4, 0.5) is 11.4 Å². The predicted octanol–water partition coefficient (Wildman–Crippen LogP) is 2.58. The number of carbonyl (C=O) groups is 2. The number of hydrogen-bond donors (Lipinski definition) is 4. The summed E-state index contributed by atoms with van der Waals surface area (Å²) in [4.78, 5) is 24.5. The van der Waals surface area contributed by atoms with Gasteiger partial charge < -0.3 is 10.6 Å². The van der Waals surface area contributed by atoms with Gasteiger partial charge in [-0.05, 0) is 49.1 Å². The number of nitrogens with one attached hydrogen (secondary N) is 4. The van der Waals surface area contributed by atoms with Crippen LogP contribution in [0.25, 0.3) is 0 Å². The molecule has 154 valence electrons. The molecule has 1 heterocycles. The standard InChI is InChI=1S/C21H23N5O2.C2H2/c1-14-7-8-15(12-22-20(27)16-9-10-16)11-18(14)23-21(28)19-13-26(25-24-19)17-5-3-2-4-6-17;1-2/h2-8,11,13,16,24-25H,9-10,12H2,1H3,(H,22,27)(H,23,28);1-2H. The van der Waals surface area contributed by atoms with Crippen LogP contribution in [0, 0.1) is 25.7 Å². The van der Waals surface area contributed by atoms with Crippen molar-refractivity contribution in [2.45, 2.75) is 26.3 Å². The molecule has 1 saturated carbocycles. The molecule has 7 nitrogen and oxygen atoms in total.